The number of hydrogen-bond acceptors (Lipinski definition) is 10. The Hall–Kier alpha value is -2.86. The van der Waals surface area contributed by atoms with E-state index in [1.165, 1.54) is 57.8 Å². The van der Waals surface area contributed by atoms with Crippen LogP contribution in [0, 0.1) is 0 Å². The summed E-state index contributed by atoms with van der Waals surface area (Å²) >= 11 is 0. The van der Waals surface area contributed by atoms with Crippen LogP contribution >= 0.6 is 7.82 Å². The predicted octanol–water partition coefficient (Wildman–Crippen LogP) is 10.1. The van der Waals surface area contributed by atoms with E-state index in [1.807, 2.05) is 36.5 Å². The highest BCUT2D eigenvalue weighted by Crippen LogP contribution is 2.43. The fourth-order valence-corrected chi connectivity index (χ4v) is 6.15. The summed E-state index contributed by atoms with van der Waals surface area (Å²) in [5, 5.41) is 18.9. The van der Waals surface area contributed by atoms with Crippen LogP contribution in [0.2, 0.25) is 0 Å². The molecule has 0 rings (SSSR count). The SMILES string of the molecule is CCCCC/C=C\C[C@@H](O)/C=C/C=C\C/C=C\CCCC(=O)OC[C@H](COP(=O)(O)OC[C@H](N)C(=O)O)OC(=O)CCCCCCC/C=C\CCCCCCCC. The number of ether oxygens (including phenoxy) is 2. The van der Waals surface area contributed by atoms with Crippen LogP contribution in [0.1, 0.15) is 162 Å². The van der Waals surface area contributed by atoms with Gasteiger partial charge in [-0.15, -0.1) is 0 Å². The topological polar surface area (TPSA) is 192 Å². The number of hydrogen-bond donors (Lipinski definition) is 4. The summed E-state index contributed by atoms with van der Waals surface area (Å²) in [5.41, 5.74) is 5.32. The van der Waals surface area contributed by atoms with Crippen molar-refractivity contribution in [1.29, 1.82) is 0 Å². The summed E-state index contributed by atoms with van der Waals surface area (Å²) < 4.78 is 32.6. The first-order chi connectivity index (χ1) is 27.5. The van der Waals surface area contributed by atoms with Crippen LogP contribution in [0.3, 0.4) is 0 Å². The average Bonchev–Trinajstić information content (AvgIpc) is 3.18. The van der Waals surface area contributed by atoms with Crippen LogP contribution in [-0.4, -0.2) is 71.1 Å². The molecular weight excluding hydrogens is 749 g/mol. The number of phosphoric acid groups is 1. The van der Waals surface area contributed by atoms with E-state index in [0.717, 1.165) is 44.9 Å². The minimum atomic E-state index is -4.74. The van der Waals surface area contributed by atoms with E-state index >= 15 is 0 Å². The van der Waals surface area contributed by atoms with Crippen molar-refractivity contribution in [2.24, 2.45) is 5.73 Å². The van der Waals surface area contributed by atoms with E-state index in [2.05, 4.69) is 36.6 Å². The first-order valence-corrected chi connectivity index (χ1v) is 22.9. The molecule has 13 heteroatoms. The van der Waals surface area contributed by atoms with Gasteiger partial charge in [-0.25, -0.2) is 4.57 Å². The number of aliphatic hydroxyl groups excluding tert-OH is 1. The lowest BCUT2D eigenvalue weighted by atomic mass is 10.1. The van der Waals surface area contributed by atoms with Gasteiger partial charge in [-0.1, -0.05) is 139 Å². The Morgan fingerprint density at radius 2 is 1.16 bits per heavy atom. The van der Waals surface area contributed by atoms with Gasteiger partial charge in [-0.2, -0.15) is 0 Å². The molecule has 57 heavy (non-hydrogen) atoms. The van der Waals surface area contributed by atoms with Crippen molar-refractivity contribution >= 4 is 25.7 Å². The third-order valence-electron chi connectivity index (χ3n) is 8.82. The highest BCUT2D eigenvalue weighted by molar-refractivity contribution is 7.47. The molecule has 0 bridgehead atoms. The Morgan fingerprint density at radius 1 is 0.632 bits per heavy atom. The summed E-state index contributed by atoms with van der Waals surface area (Å²) in [5.74, 6) is -2.51. The Morgan fingerprint density at radius 3 is 1.82 bits per heavy atom. The van der Waals surface area contributed by atoms with E-state index < -0.39 is 63.8 Å². The van der Waals surface area contributed by atoms with Gasteiger partial charge in [0.05, 0.1) is 19.3 Å². The standard InChI is InChI=1S/C44H76NO11P/c1-3-5-7-9-11-12-13-14-15-16-17-18-23-27-31-35-43(48)56-40(37-54-57(51,52)55-38-41(45)44(49)50)36-53-42(47)34-30-26-22-20-19-21-25-29-33-39(46)32-28-24-10-8-6-4-2/h14-15,20-22,24-25,28-29,33,39-41,46H,3-13,16-19,23,26-27,30-32,34-38,45H2,1-2H3,(H,49,50)(H,51,52)/b15-14-,22-20-,25-21-,28-24-,33-29+/t39-,40-,41+/m1/s1. The van der Waals surface area contributed by atoms with Crippen molar-refractivity contribution in [2.75, 3.05) is 19.8 Å². The third kappa shape index (κ3) is 38.4. The predicted molar refractivity (Wildman–Crippen MR) is 227 cm³/mol. The first-order valence-electron chi connectivity index (χ1n) is 21.4. The molecule has 0 saturated heterocycles. The molecule has 0 aliphatic heterocycles. The second-order valence-electron chi connectivity index (χ2n) is 14.3. The van der Waals surface area contributed by atoms with Crippen LogP contribution in [-0.2, 0) is 37.5 Å². The van der Waals surface area contributed by atoms with Gasteiger partial charge < -0.3 is 30.3 Å². The van der Waals surface area contributed by atoms with E-state index in [9.17, 15) is 28.9 Å². The van der Waals surface area contributed by atoms with Gasteiger partial charge in [-0.3, -0.25) is 23.4 Å². The lowest BCUT2D eigenvalue weighted by molar-refractivity contribution is -0.161. The monoisotopic (exact) mass is 826 g/mol. The van der Waals surface area contributed by atoms with Gasteiger partial charge in [0.1, 0.15) is 12.6 Å². The molecule has 0 spiro atoms. The molecule has 5 N–H and O–H groups in total. The van der Waals surface area contributed by atoms with Gasteiger partial charge in [-0.05, 0) is 70.6 Å². The van der Waals surface area contributed by atoms with Gasteiger partial charge >= 0.3 is 25.7 Å². The van der Waals surface area contributed by atoms with Gasteiger partial charge in [0.15, 0.2) is 6.10 Å². The Labute approximate surface area is 343 Å². The smallest absolute Gasteiger partial charge is 0.472 e. The molecule has 12 nitrogen and oxygen atoms in total. The zero-order valence-electron chi connectivity index (χ0n) is 35.0. The number of phosphoric ester groups is 1. The number of aliphatic carboxylic acids is 1. The molecule has 328 valence electrons. The van der Waals surface area contributed by atoms with Crippen molar-refractivity contribution in [3.63, 3.8) is 0 Å². The Bertz CT molecular complexity index is 1220. The molecule has 4 atom stereocenters. The maximum absolute atomic E-state index is 12.6. The maximum atomic E-state index is 12.6. The summed E-state index contributed by atoms with van der Waals surface area (Å²) in [6.07, 6.45) is 40.3. The lowest BCUT2D eigenvalue weighted by Crippen LogP contribution is -2.34. The van der Waals surface area contributed by atoms with Gasteiger partial charge in [0.2, 0.25) is 0 Å². The van der Waals surface area contributed by atoms with Crippen molar-refractivity contribution in [3.8, 4) is 0 Å². The Balaban J connectivity index is 4.55. The molecule has 0 fully saturated rings. The molecule has 0 aromatic carbocycles. The molecular formula is C44H76NO11P. The van der Waals surface area contributed by atoms with Crippen molar-refractivity contribution in [1.82, 2.24) is 0 Å². The van der Waals surface area contributed by atoms with Crippen LogP contribution in [0.4, 0.5) is 0 Å². The molecule has 0 amide bonds. The first kappa shape index (κ1) is 54.1. The maximum Gasteiger partial charge on any atom is 0.472 e. The minimum Gasteiger partial charge on any atom is -0.480 e. The summed E-state index contributed by atoms with van der Waals surface area (Å²) in [6.45, 7) is 2.61. The highest BCUT2D eigenvalue weighted by Gasteiger charge is 2.28. The molecule has 0 heterocycles. The molecule has 0 radical (unpaired) electrons. The fourth-order valence-electron chi connectivity index (χ4n) is 5.37. The van der Waals surface area contributed by atoms with Crippen LogP contribution in [0.5, 0.6) is 0 Å². The molecule has 0 aromatic heterocycles. The summed E-state index contributed by atoms with van der Waals surface area (Å²) in [4.78, 5) is 45.9. The number of rotatable bonds is 39. The molecule has 1 unspecified atom stereocenters. The van der Waals surface area contributed by atoms with Crippen LogP contribution in [0.25, 0.3) is 0 Å². The minimum absolute atomic E-state index is 0.110. The molecule has 0 aliphatic carbocycles. The largest absolute Gasteiger partial charge is 0.480 e. The van der Waals surface area contributed by atoms with Crippen molar-refractivity contribution in [2.45, 2.75) is 180 Å². The summed E-state index contributed by atoms with van der Waals surface area (Å²) in [6, 6.07) is -1.54. The molecule has 0 aromatic rings. The molecule has 0 aliphatic rings. The number of esters is 2. The van der Waals surface area contributed by atoms with E-state index in [0.29, 0.717) is 32.1 Å². The van der Waals surface area contributed by atoms with Gasteiger partial charge in [0, 0.05) is 12.8 Å². The van der Waals surface area contributed by atoms with E-state index in [-0.39, 0.29) is 12.8 Å². The number of carbonyl (C=O) groups excluding carboxylic acids is 2. The van der Waals surface area contributed by atoms with E-state index in [4.69, 9.17) is 24.8 Å². The van der Waals surface area contributed by atoms with Crippen LogP contribution in [0.15, 0.2) is 60.8 Å². The highest BCUT2D eigenvalue weighted by atomic mass is 31.2. The number of nitrogens with two attached hydrogens (primary N) is 1. The third-order valence-corrected chi connectivity index (χ3v) is 9.77. The number of allylic oxidation sites excluding steroid dienone is 8. The second kappa shape index (κ2) is 38.6. The second-order valence-corrected chi connectivity index (χ2v) is 15.8. The fraction of sp³-hybridized carbons (Fsp3) is 0.705. The number of carbonyl (C=O) groups is 3. The zero-order valence-corrected chi connectivity index (χ0v) is 35.9. The molecule has 0 saturated carbocycles. The Kier molecular flexibility index (Phi) is 36.7. The van der Waals surface area contributed by atoms with Crippen molar-refractivity contribution < 1.29 is 52.6 Å². The number of carboxylic acid groups (broad SMARTS) is 1. The summed E-state index contributed by atoms with van der Waals surface area (Å²) in [7, 11) is -4.74. The quantitative estimate of drug-likeness (QED) is 0.0151. The van der Waals surface area contributed by atoms with Gasteiger partial charge in [0.25, 0.3) is 0 Å². The number of aliphatic hydroxyl groups is 1. The lowest BCUT2D eigenvalue weighted by Gasteiger charge is -2.20. The van der Waals surface area contributed by atoms with E-state index in [1.54, 1.807) is 6.08 Å². The van der Waals surface area contributed by atoms with Crippen LogP contribution < -0.4 is 5.73 Å². The number of carboxylic acids is 1. The van der Waals surface area contributed by atoms with Crippen molar-refractivity contribution in [3.05, 3.63) is 60.8 Å². The average molecular weight is 826 g/mol. The normalized spacial score (nSPS) is 14.9. The zero-order chi connectivity index (χ0) is 42.2. The number of unbranched alkanes of at least 4 members (excludes halogenated alkanes) is 15.